The topological polar surface area (TPSA) is 80.4 Å². The molecule has 0 saturated carbocycles. The molecule has 0 aliphatic carbocycles. The van der Waals surface area contributed by atoms with Gasteiger partial charge in [-0.25, -0.2) is 0 Å². The molecule has 0 aliphatic heterocycles. The van der Waals surface area contributed by atoms with Gasteiger partial charge in [0.2, 0.25) is 0 Å². The number of aliphatic carboxylic acids is 1. The average Bonchev–Trinajstić information content (AvgIpc) is 3.07. The van der Waals surface area contributed by atoms with Crippen molar-refractivity contribution in [1.29, 1.82) is 0 Å². The quantitative estimate of drug-likeness (QED) is 0.450. The first-order chi connectivity index (χ1) is 12.5. The number of thiophene rings is 1. The molecule has 0 saturated heterocycles. The van der Waals surface area contributed by atoms with Gasteiger partial charge in [0.1, 0.15) is 0 Å². The van der Waals surface area contributed by atoms with E-state index in [-0.39, 0.29) is 18.1 Å². The monoisotopic (exact) mass is 373 g/mol. The van der Waals surface area contributed by atoms with Crippen LogP contribution in [0.2, 0.25) is 0 Å². The van der Waals surface area contributed by atoms with Gasteiger partial charge in [0.25, 0.3) is 0 Å². The number of aryl methyl sites for hydroxylation is 2. The van der Waals surface area contributed by atoms with E-state index in [9.17, 15) is 9.59 Å². The number of ketones is 1. The van der Waals surface area contributed by atoms with Gasteiger partial charge in [-0.15, -0.1) is 11.3 Å². The van der Waals surface area contributed by atoms with Crippen molar-refractivity contribution in [3.8, 4) is 0 Å². The Bertz CT molecular complexity index is 721. The van der Waals surface area contributed by atoms with Crippen LogP contribution in [0.3, 0.4) is 0 Å². The van der Waals surface area contributed by atoms with Gasteiger partial charge >= 0.3 is 5.97 Å². The Kier molecular flexibility index (Phi) is 8.01. The Balaban J connectivity index is 1.73. The zero-order valence-corrected chi connectivity index (χ0v) is 16.1. The van der Waals surface area contributed by atoms with Crippen molar-refractivity contribution in [2.45, 2.75) is 52.0 Å². The lowest BCUT2D eigenvalue weighted by Crippen LogP contribution is -2.09. The van der Waals surface area contributed by atoms with E-state index in [0.29, 0.717) is 13.0 Å². The first-order valence-electron chi connectivity index (χ1n) is 9.09. The molecule has 1 heterocycles. The Morgan fingerprint density at radius 1 is 1.00 bits per heavy atom. The van der Waals surface area contributed by atoms with Crippen molar-refractivity contribution < 1.29 is 14.7 Å². The van der Waals surface area contributed by atoms with Gasteiger partial charge in [0, 0.05) is 24.3 Å². The molecule has 1 aromatic heterocycles. The number of unbranched alkanes of at least 4 members (excludes halogenated alkanes) is 1. The van der Waals surface area contributed by atoms with Crippen LogP contribution >= 0.6 is 11.3 Å². The number of carboxylic acid groups (broad SMARTS) is 1. The maximum atomic E-state index is 12.2. The summed E-state index contributed by atoms with van der Waals surface area (Å²) < 4.78 is 0. The number of rotatable bonds is 11. The molecular formula is C21H27NO3S. The zero-order valence-electron chi connectivity index (χ0n) is 15.2. The van der Waals surface area contributed by atoms with E-state index >= 15 is 0 Å². The summed E-state index contributed by atoms with van der Waals surface area (Å²) in [5.41, 5.74) is 8.09. The third kappa shape index (κ3) is 6.73. The summed E-state index contributed by atoms with van der Waals surface area (Å²) in [5, 5.41) is 8.79. The number of Topliss-reactive ketones (excluding diaryl/α,β-unsaturated/α-hetero) is 1. The molecule has 0 fully saturated rings. The van der Waals surface area contributed by atoms with Crippen molar-refractivity contribution in [3.63, 3.8) is 0 Å². The second-order valence-electron chi connectivity index (χ2n) is 6.82. The van der Waals surface area contributed by atoms with Crippen LogP contribution in [0.25, 0.3) is 0 Å². The van der Waals surface area contributed by atoms with E-state index in [1.807, 2.05) is 12.1 Å². The Hall–Kier alpha value is -1.98. The average molecular weight is 374 g/mol. The standard InChI is InChI=1S/C21H27NO3S/c1-15(13-21(24)25)12-19(23)20-11-10-18(26-20)5-3-2-4-16-6-8-17(14-22)9-7-16/h6-11,15H,2-5,12-14,22H2,1H3,(H,24,25). The first kappa shape index (κ1) is 20.3. The lowest BCUT2D eigenvalue weighted by molar-refractivity contribution is -0.137. The Labute approximate surface area is 159 Å². The molecule has 26 heavy (non-hydrogen) atoms. The van der Waals surface area contributed by atoms with Gasteiger partial charge in [-0.2, -0.15) is 0 Å². The third-order valence-electron chi connectivity index (χ3n) is 4.39. The van der Waals surface area contributed by atoms with Crippen LogP contribution in [0, 0.1) is 5.92 Å². The number of benzene rings is 1. The Morgan fingerprint density at radius 2 is 1.65 bits per heavy atom. The molecule has 0 spiro atoms. The molecule has 4 nitrogen and oxygen atoms in total. The van der Waals surface area contributed by atoms with E-state index in [1.54, 1.807) is 18.3 Å². The maximum Gasteiger partial charge on any atom is 0.303 e. The lowest BCUT2D eigenvalue weighted by Gasteiger charge is -2.05. The van der Waals surface area contributed by atoms with Crippen LogP contribution in [0.4, 0.5) is 0 Å². The highest BCUT2D eigenvalue weighted by Crippen LogP contribution is 2.22. The van der Waals surface area contributed by atoms with Crippen LogP contribution in [0.15, 0.2) is 36.4 Å². The molecule has 140 valence electrons. The smallest absolute Gasteiger partial charge is 0.303 e. The summed E-state index contributed by atoms with van der Waals surface area (Å²) >= 11 is 1.54. The fourth-order valence-electron chi connectivity index (χ4n) is 2.92. The first-order valence-corrected chi connectivity index (χ1v) is 9.91. The summed E-state index contributed by atoms with van der Waals surface area (Å²) in [6, 6.07) is 12.3. The van der Waals surface area contributed by atoms with E-state index in [4.69, 9.17) is 10.8 Å². The van der Waals surface area contributed by atoms with Gasteiger partial charge in [-0.1, -0.05) is 31.2 Å². The second-order valence-corrected chi connectivity index (χ2v) is 7.99. The summed E-state index contributed by atoms with van der Waals surface area (Å²) in [4.78, 5) is 24.9. The number of carbonyl (C=O) groups is 2. The maximum absolute atomic E-state index is 12.2. The van der Waals surface area contributed by atoms with Crippen LogP contribution in [0.1, 0.15) is 58.3 Å². The van der Waals surface area contributed by atoms with E-state index in [1.165, 1.54) is 10.4 Å². The largest absolute Gasteiger partial charge is 0.481 e. The minimum absolute atomic E-state index is 0.0379. The molecule has 0 aliphatic rings. The molecule has 0 radical (unpaired) electrons. The molecule has 0 amide bonds. The number of hydrogen-bond donors (Lipinski definition) is 2. The molecule has 1 atom stereocenters. The van der Waals surface area contributed by atoms with E-state index in [0.717, 1.165) is 36.1 Å². The van der Waals surface area contributed by atoms with Gasteiger partial charge in [-0.3, -0.25) is 9.59 Å². The van der Waals surface area contributed by atoms with Gasteiger partial charge in [0.05, 0.1) is 4.88 Å². The highest BCUT2D eigenvalue weighted by molar-refractivity contribution is 7.14. The molecule has 2 rings (SSSR count). The van der Waals surface area contributed by atoms with Gasteiger partial charge in [0.15, 0.2) is 5.78 Å². The molecule has 1 aromatic carbocycles. The van der Waals surface area contributed by atoms with Gasteiger partial charge in [-0.05, 0) is 54.9 Å². The molecule has 3 N–H and O–H groups in total. The molecule has 1 unspecified atom stereocenters. The normalized spacial score (nSPS) is 12.1. The molecule has 5 heteroatoms. The van der Waals surface area contributed by atoms with Crippen molar-refractivity contribution in [2.24, 2.45) is 11.7 Å². The van der Waals surface area contributed by atoms with Gasteiger partial charge < -0.3 is 10.8 Å². The predicted molar refractivity (Wildman–Crippen MR) is 106 cm³/mol. The predicted octanol–water partition coefficient (Wildman–Crippen LogP) is 4.46. The van der Waals surface area contributed by atoms with Crippen LogP contribution < -0.4 is 5.73 Å². The molecule has 2 aromatic rings. The minimum atomic E-state index is -0.852. The highest BCUT2D eigenvalue weighted by Gasteiger charge is 2.15. The molecule has 0 bridgehead atoms. The number of carbonyl (C=O) groups excluding carboxylic acids is 1. The van der Waals surface area contributed by atoms with E-state index in [2.05, 4.69) is 24.3 Å². The summed E-state index contributed by atoms with van der Waals surface area (Å²) in [6.45, 7) is 2.38. The summed E-state index contributed by atoms with van der Waals surface area (Å²) in [6.07, 6.45) is 4.56. The fourth-order valence-corrected chi connectivity index (χ4v) is 3.92. The summed E-state index contributed by atoms with van der Waals surface area (Å²) in [5.74, 6) is -0.930. The highest BCUT2D eigenvalue weighted by atomic mass is 32.1. The van der Waals surface area contributed by atoms with Crippen LogP contribution in [-0.4, -0.2) is 16.9 Å². The van der Waals surface area contributed by atoms with Crippen molar-refractivity contribution in [2.75, 3.05) is 0 Å². The Morgan fingerprint density at radius 3 is 2.31 bits per heavy atom. The fraction of sp³-hybridized carbons (Fsp3) is 0.429. The van der Waals surface area contributed by atoms with Crippen LogP contribution in [-0.2, 0) is 24.2 Å². The zero-order chi connectivity index (χ0) is 18.9. The van der Waals surface area contributed by atoms with Crippen molar-refractivity contribution >= 4 is 23.1 Å². The number of hydrogen-bond acceptors (Lipinski definition) is 4. The number of carboxylic acids is 1. The van der Waals surface area contributed by atoms with Crippen molar-refractivity contribution in [3.05, 3.63) is 57.3 Å². The third-order valence-corrected chi connectivity index (χ3v) is 5.58. The SMILES string of the molecule is CC(CC(=O)O)CC(=O)c1ccc(CCCCc2ccc(CN)cc2)s1. The molecular weight excluding hydrogens is 346 g/mol. The number of nitrogens with two attached hydrogens (primary N) is 1. The minimum Gasteiger partial charge on any atom is -0.481 e. The van der Waals surface area contributed by atoms with E-state index < -0.39 is 5.97 Å². The second kappa shape index (κ2) is 10.2. The summed E-state index contributed by atoms with van der Waals surface area (Å²) in [7, 11) is 0. The van der Waals surface area contributed by atoms with Crippen molar-refractivity contribution in [1.82, 2.24) is 0 Å². The lowest BCUT2D eigenvalue weighted by atomic mass is 10.0. The van der Waals surface area contributed by atoms with Crippen LogP contribution in [0.5, 0.6) is 0 Å².